The first-order valence-electron chi connectivity index (χ1n) is 7.51. The SMILES string of the molecule is O[C@@H]1CCCC(Nc2ncnc3sc4c(c23)CCC4)C1. The van der Waals surface area contributed by atoms with Crippen molar-refractivity contribution in [1.29, 1.82) is 0 Å². The number of aryl methyl sites for hydroxylation is 2. The van der Waals surface area contributed by atoms with Gasteiger partial charge in [-0.15, -0.1) is 11.3 Å². The van der Waals surface area contributed by atoms with E-state index in [0.29, 0.717) is 6.04 Å². The van der Waals surface area contributed by atoms with Gasteiger partial charge in [0.2, 0.25) is 0 Å². The van der Waals surface area contributed by atoms with Gasteiger partial charge < -0.3 is 10.4 Å². The molecule has 106 valence electrons. The Labute approximate surface area is 122 Å². The van der Waals surface area contributed by atoms with Crippen molar-refractivity contribution < 1.29 is 5.11 Å². The molecule has 5 heteroatoms. The molecule has 20 heavy (non-hydrogen) atoms. The van der Waals surface area contributed by atoms with Gasteiger partial charge in [0.15, 0.2) is 0 Å². The molecule has 2 aliphatic carbocycles. The smallest absolute Gasteiger partial charge is 0.138 e. The lowest BCUT2D eigenvalue weighted by Crippen LogP contribution is -2.30. The molecule has 0 saturated heterocycles. The highest BCUT2D eigenvalue weighted by Crippen LogP contribution is 2.39. The summed E-state index contributed by atoms with van der Waals surface area (Å²) in [6.45, 7) is 0. The number of nitrogens with zero attached hydrogens (tertiary/aromatic N) is 2. The highest BCUT2D eigenvalue weighted by atomic mass is 32.1. The number of fused-ring (bicyclic) bond motifs is 3. The maximum Gasteiger partial charge on any atom is 0.138 e. The Hall–Kier alpha value is -1.20. The van der Waals surface area contributed by atoms with Crippen LogP contribution in [0.1, 0.15) is 42.5 Å². The summed E-state index contributed by atoms with van der Waals surface area (Å²) in [6, 6.07) is 0.341. The van der Waals surface area contributed by atoms with Gasteiger partial charge >= 0.3 is 0 Å². The molecule has 1 unspecified atom stereocenters. The molecule has 0 radical (unpaired) electrons. The number of rotatable bonds is 2. The summed E-state index contributed by atoms with van der Waals surface area (Å²) in [6.07, 6.45) is 9.09. The van der Waals surface area contributed by atoms with Crippen molar-refractivity contribution in [3.05, 3.63) is 16.8 Å². The number of anilines is 1. The van der Waals surface area contributed by atoms with Crippen LogP contribution in [0.25, 0.3) is 10.2 Å². The van der Waals surface area contributed by atoms with Crippen LogP contribution >= 0.6 is 11.3 Å². The van der Waals surface area contributed by atoms with Crippen LogP contribution in [0.5, 0.6) is 0 Å². The van der Waals surface area contributed by atoms with Crippen molar-refractivity contribution in [3.8, 4) is 0 Å². The van der Waals surface area contributed by atoms with Crippen LogP contribution in [-0.4, -0.2) is 27.2 Å². The zero-order valence-corrected chi connectivity index (χ0v) is 12.2. The van der Waals surface area contributed by atoms with Crippen LogP contribution in [0.2, 0.25) is 0 Å². The van der Waals surface area contributed by atoms with Crippen LogP contribution in [0.4, 0.5) is 5.82 Å². The van der Waals surface area contributed by atoms with E-state index in [1.54, 1.807) is 6.33 Å². The molecule has 4 rings (SSSR count). The van der Waals surface area contributed by atoms with E-state index in [1.165, 1.54) is 28.7 Å². The maximum absolute atomic E-state index is 9.82. The van der Waals surface area contributed by atoms with Crippen LogP contribution in [0.15, 0.2) is 6.33 Å². The minimum Gasteiger partial charge on any atom is -0.393 e. The van der Waals surface area contributed by atoms with Gasteiger partial charge in [0.1, 0.15) is 17.0 Å². The second kappa shape index (κ2) is 4.97. The molecule has 2 aromatic heterocycles. The van der Waals surface area contributed by atoms with Crippen LogP contribution in [0.3, 0.4) is 0 Å². The van der Waals surface area contributed by atoms with E-state index < -0.39 is 0 Å². The lowest BCUT2D eigenvalue weighted by Gasteiger charge is -2.27. The first kappa shape index (κ1) is 12.5. The lowest BCUT2D eigenvalue weighted by atomic mass is 9.93. The topological polar surface area (TPSA) is 58.0 Å². The summed E-state index contributed by atoms with van der Waals surface area (Å²) < 4.78 is 0. The number of nitrogens with one attached hydrogen (secondary N) is 1. The first-order valence-corrected chi connectivity index (χ1v) is 8.33. The molecule has 2 atom stereocenters. The minimum absolute atomic E-state index is 0.160. The maximum atomic E-state index is 9.82. The van der Waals surface area contributed by atoms with Crippen LogP contribution in [-0.2, 0) is 12.8 Å². The van der Waals surface area contributed by atoms with E-state index in [9.17, 15) is 5.11 Å². The largest absolute Gasteiger partial charge is 0.393 e. The van der Waals surface area contributed by atoms with E-state index >= 15 is 0 Å². The molecule has 0 aromatic carbocycles. The van der Waals surface area contributed by atoms with Gasteiger partial charge in [0, 0.05) is 10.9 Å². The molecule has 0 bridgehead atoms. The van der Waals surface area contributed by atoms with Crippen molar-refractivity contribution in [2.24, 2.45) is 0 Å². The van der Waals surface area contributed by atoms with Gasteiger partial charge in [0.25, 0.3) is 0 Å². The van der Waals surface area contributed by atoms with E-state index in [-0.39, 0.29) is 6.10 Å². The molecule has 0 amide bonds. The van der Waals surface area contributed by atoms with Crippen molar-refractivity contribution in [2.45, 2.75) is 57.1 Å². The Morgan fingerprint density at radius 2 is 2.15 bits per heavy atom. The Morgan fingerprint density at radius 1 is 1.20 bits per heavy atom. The molecular weight excluding hydrogens is 270 g/mol. The monoisotopic (exact) mass is 289 g/mol. The minimum atomic E-state index is -0.160. The van der Waals surface area contributed by atoms with Crippen LogP contribution < -0.4 is 5.32 Å². The average molecular weight is 289 g/mol. The zero-order chi connectivity index (χ0) is 13.5. The van der Waals surface area contributed by atoms with E-state index in [0.717, 1.165) is 42.8 Å². The summed E-state index contributed by atoms with van der Waals surface area (Å²) in [5.41, 5.74) is 1.46. The quantitative estimate of drug-likeness (QED) is 0.892. The molecule has 1 fully saturated rings. The van der Waals surface area contributed by atoms with E-state index in [2.05, 4.69) is 15.3 Å². The third kappa shape index (κ3) is 2.09. The predicted molar refractivity (Wildman–Crippen MR) is 81.3 cm³/mol. The summed E-state index contributed by atoms with van der Waals surface area (Å²) in [5.74, 6) is 0.980. The Kier molecular flexibility index (Phi) is 3.11. The highest BCUT2D eigenvalue weighted by Gasteiger charge is 2.24. The molecule has 2 aromatic rings. The fraction of sp³-hybridized carbons (Fsp3) is 0.600. The number of aliphatic hydroxyl groups is 1. The molecule has 1 saturated carbocycles. The fourth-order valence-electron chi connectivity index (χ4n) is 3.53. The second-order valence-electron chi connectivity index (χ2n) is 5.92. The standard InChI is InChI=1S/C15H19N3OS/c19-10-4-1-3-9(7-10)18-14-13-11-5-2-6-12(11)20-15(13)17-8-16-14/h8-10,19H,1-7H2,(H,16,17,18)/t9?,10-/m1/s1. The molecular formula is C15H19N3OS. The molecule has 2 aliphatic rings. The lowest BCUT2D eigenvalue weighted by molar-refractivity contribution is 0.124. The van der Waals surface area contributed by atoms with Gasteiger partial charge in [-0.2, -0.15) is 0 Å². The van der Waals surface area contributed by atoms with Crippen molar-refractivity contribution in [1.82, 2.24) is 9.97 Å². The summed E-state index contributed by atoms with van der Waals surface area (Å²) in [4.78, 5) is 11.5. The number of hydrogen-bond acceptors (Lipinski definition) is 5. The predicted octanol–water partition coefficient (Wildman–Crippen LogP) is 2.90. The van der Waals surface area contributed by atoms with E-state index in [4.69, 9.17) is 0 Å². The van der Waals surface area contributed by atoms with Crippen LogP contribution in [0, 0.1) is 0 Å². The summed E-state index contributed by atoms with van der Waals surface area (Å²) >= 11 is 1.82. The van der Waals surface area contributed by atoms with Crippen molar-refractivity contribution in [3.63, 3.8) is 0 Å². The molecule has 0 aliphatic heterocycles. The third-order valence-corrected chi connectivity index (χ3v) is 5.69. The number of aromatic nitrogens is 2. The molecule has 2 N–H and O–H groups in total. The van der Waals surface area contributed by atoms with Gasteiger partial charge in [-0.05, 0) is 50.5 Å². The average Bonchev–Trinajstić information content (AvgIpc) is 2.99. The van der Waals surface area contributed by atoms with Gasteiger partial charge in [-0.3, -0.25) is 0 Å². The highest BCUT2D eigenvalue weighted by molar-refractivity contribution is 7.19. The Balaban J connectivity index is 1.69. The zero-order valence-electron chi connectivity index (χ0n) is 11.4. The summed E-state index contributed by atoms with van der Waals surface area (Å²) in [5, 5.41) is 14.6. The van der Waals surface area contributed by atoms with Crippen molar-refractivity contribution >= 4 is 27.4 Å². The number of thiophene rings is 1. The number of aliphatic hydroxyl groups excluding tert-OH is 1. The van der Waals surface area contributed by atoms with Gasteiger partial charge in [-0.25, -0.2) is 9.97 Å². The first-order chi connectivity index (χ1) is 9.81. The van der Waals surface area contributed by atoms with E-state index in [1.807, 2.05) is 11.3 Å². The Bertz CT molecular complexity index is 639. The van der Waals surface area contributed by atoms with Gasteiger partial charge in [0.05, 0.1) is 11.5 Å². The molecule has 4 nitrogen and oxygen atoms in total. The van der Waals surface area contributed by atoms with Gasteiger partial charge in [-0.1, -0.05) is 0 Å². The third-order valence-electron chi connectivity index (χ3n) is 4.49. The molecule has 2 heterocycles. The van der Waals surface area contributed by atoms with Crippen molar-refractivity contribution in [2.75, 3.05) is 5.32 Å². The number of hydrogen-bond donors (Lipinski definition) is 2. The second-order valence-corrected chi connectivity index (χ2v) is 7.01. The fourth-order valence-corrected chi connectivity index (χ4v) is 4.76. The Morgan fingerprint density at radius 3 is 3.05 bits per heavy atom. The summed E-state index contributed by atoms with van der Waals surface area (Å²) in [7, 11) is 0. The normalized spacial score (nSPS) is 25.9. The molecule has 0 spiro atoms.